The van der Waals surface area contributed by atoms with E-state index < -0.39 is 6.04 Å². The Hall–Kier alpha value is -3.25. The largest absolute Gasteiger partial charge is 0.497 e. The third kappa shape index (κ3) is 8.97. The molecular formula is C31H38N2O3S. The van der Waals surface area contributed by atoms with Crippen LogP contribution < -0.4 is 10.1 Å². The van der Waals surface area contributed by atoms with Crippen molar-refractivity contribution in [1.29, 1.82) is 0 Å². The predicted molar refractivity (Wildman–Crippen MR) is 153 cm³/mol. The molecule has 0 aromatic heterocycles. The molecule has 5 nitrogen and oxygen atoms in total. The minimum atomic E-state index is -0.590. The Labute approximate surface area is 225 Å². The van der Waals surface area contributed by atoms with Crippen LogP contribution in [0, 0.1) is 6.92 Å². The standard InChI is InChI=1S/C31H38N2O3S/c1-4-5-19-32-31(35)29(20-25-12-7-6-8-13-25)33(21-27-14-10-9-11-24(27)2)30(34)23-37-22-26-15-17-28(36-3)18-16-26/h6-18,29H,4-5,19-23H2,1-3H3,(H,32,35)/t29-/m1/s1. The summed E-state index contributed by atoms with van der Waals surface area (Å²) in [5, 5.41) is 3.08. The first-order valence-electron chi connectivity index (χ1n) is 12.9. The molecule has 196 valence electrons. The number of carbonyl (C=O) groups is 2. The van der Waals surface area contributed by atoms with Crippen LogP contribution in [0.5, 0.6) is 5.75 Å². The van der Waals surface area contributed by atoms with Gasteiger partial charge in [-0.1, -0.05) is 80.1 Å². The van der Waals surface area contributed by atoms with Crippen molar-refractivity contribution in [3.05, 3.63) is 101 Å². The molecule has 0 unspecified atom stereocenters. The van der Waals surface area contributed by atoms with Gasteiger partial charge in [-0.25, -0.2) is 0 Å². The number of thioether (sulfide) groups is 1. The zero-order chi connectivity index (χ0) is 26.5. The second-order valence-electron chi connectivity index (χ2n) is 9.14. The molecule has 0 heterocycles. The van der Waals surface area contributed by atoms with Gasteiger partial charge in [-0.15, -0.1) is 11.8 Å². The zero-order valence-corrected chi connectivity index (χ0v) is 22.9. The van der Waals surface area contributed by atoms with E-state index in [0.29, 0.717) is 31.0 Å². The molecule has 3 rings (SSSR count). The molecule has 3 aromatic carbocycles. The average Bonchev–Trinajstić information content (AvgIpc) is 2.92. The molecule has 1 N–H and O–H groups in total. The number of hydrogen-bond acceptors (Lipinski definition) is 4. The van der Waals surface area contributed by atoms with Crippen molar-refractivity contribution in [3.8, 4) is 5.75 Å². The molecule has 0 aliphatic heterocycles. The summed E-state index contributed by atoms with van der Waals surface area (Å²) in [5.74, 6) is 1.69. The molecule has 0 aliphatic rings. The lowest BCUT2D eigenvalue weighted by molar-refractivity contribution is -0.139. The summed E-state index contributed by atoms with van der Waals surface area (Å²) in [5.41, 5.74) is 4.32. The predicted octanol–water partition coefficient (Wildman–Crippen LogP) is 5.79. The molecule has 0 saturated carbocycles. The van der Waals surface area contributed by atoms with Crippen molar-refractivity contribution in [2.75, 3.05) is 19.4 Å². The van der Waals surface area contributed by atoms with Crippen LogP contribution in [0.1, 0.15) is 42.0 Å². The molecule has 0 fully saturated rings. The van der Waals surface area contributed by atoms with E-state index in [4.69, 9.17) is 4.74 Å². The number of nitrogens with one attached hydrogen (secondary N) is 1. The van der Waals surface area contributed by atoms with Crippen LogP contribution in [0.3, 0.4) is 0 Å². The molecular weight excluding hydrogens is 480 g/mol. The number of amides is 2. The van der Waals surface area contributed by atoms with E-state index >= 15 is 0 Å². The fourth-order valence-electron chi connectivity index (χ4n) is 4.09. The van der Waals surface area contributed by atoms with Gasteiger partial charge in [0.2, 0.25) is 11.8 Å². The lowest BCUT2D eigenvalue weighted by atomic mass is 10.0. The number of methoxy groups -OCH3 is 1. The maximum absolute atomic E-state index is 13.7. The van der Waals surface area contributed by atoms with Gasteiger partial charge in [0.25, 0.3) is 0 Å². The summed E-state index contributed by atoms with van der Waals surface area (Å²) in [4.78, 5) is 29.0. The second kappa shape index (κ2) is 15.1. The number of aryl methyl sites for hydroxylation is 1. The lowest BCUT2D eigenvalue weighted by Crippen LogP contribution is -2.51. The summed E-state index contributed by atoms with van der Waals surface area (Å²) in [6.45, 7) is 5.15. The highest BCUT2D eigenvalue weighted by atomic mass is 32.2. The highest BCUT2D eigenvalue weighted by Crippen LogP contribution is 2.21. The molecule has 3 aromatic rings. The monoisotopic (exact) mass is 518 g/mol. The van der Waals surface area contributed by atoms with Crippen molar-refractivity contribution in [2.45, 2.75) is 51.4 Å². The number of rotatable bonds is 14. The first kappa shape index (κ1) is 28.3. The van der Waals surface area contributed by atoms with Crippen LogP contribution in [0.2, 0.25) is 0 Å². The van der Waals surface area contributed by atoms with Gasteiger partial charge in [-0.05, 0) is 47.7 Å². The van der Waals surface area contributed by atoms with Crippen LogP contribution in [-0.4, -0.2) is 42.2 Å². The SMILES string of the molecule is CCCCNC(=O)[C@@H](Cc1ccccc1)N(Cc1ccccc1C)C(=O)CSCc1ccc(OC)cc1. The fourth-order valence-corrected chi connectivity index (χ4v) is 4.96. The van der Waals surface area contributed by atoms with Crippen LogP contribution >= 0.6 is 11.8 Å². The Morgan fingerprint density at radius 1 is 0.946 bits per heavy atom. The Morgan fingerprint density at radius 2 is 1.65 bits per heavy atom. The number of unbranched alkanes of at least 4 members (excludes halogenated alkanes) is 1. The van der Waals surface area contributed by atoms with E-state index in [1.807, 2.05) is 85.8 Å². The summed E-state index contributed by atoms with van der Waals surface area (Å²) in [7, 11) is 1.65. The van der Waals surface area contributed by atoms with E-state index in [9.17, 15) is 9.59 Å². The molecule has 1 atom stereocenters. The van der Waals surface area contributed by atoms with Gasteiger partial charge in [-0.2, -0.15) is 0 Å². The highest BCUT2D eigenvalue weighted by molar-refractivity contribution is 7.99. The number of hydrogen-bond donors (Lipinski definition) is 1. The van der Waals surface area contributed by atoms with Crippen molar-refractivity contribution in [2.24, 2.45) is 0 Å². The summed E-state index contributed by atoms with van der Waals surface area (Å²) < 4.78 is 5.24. The number of ether oxygens (including phenoxy) is 1. The number of benzene rings is 3. The Balaban J connectivity index is 1.81. The van der Waals surface area contributed by atoms with Gasteiger partial charge >= 0.3 is 0 Å². The van der Waals surface area contributed by atoms with Gasteiger partial charge in [0.1, 0.15) is 11.8 Å². The van der Waals surface area contributed by atoms with E-state index in [2.05, 4.69) is 12.2 Å². The van der Waals surface area contributed by atoms with E-state index in [0.717, 1.165) is 40.8 Å². The van der Waals surface area contributed by atoms with Crippen molar-refractivity contribution in [3.63, 3.8) is 0 Å². The van der Waals surface area contributed by atoms with E-state index in [1.54, 1.807) is 23.8 Å². The quantitative estimate of drug-likeness (QED) is 0.274. The first-order chi connectivity index (χ1) is 18.0. The van der Waals surface area contributed by atoms with Crippen LogP contribution in [0.25, 0.3) is 0 Å². The Morgan fingerprint density at radius 3 is 2.32 bits per heavy atom. The van der Waals surface area contributed by atoms with Gasteiger partial charge in [0.15, 0.2) is 0 Å². The molecule has 0 radical (unpaired) electrons. The van der Waals surface area contributed by atoms with Gasteiger partial charge in [0.05, 0.1) is 12.9 Å². The van der Waals surface area contributed by atoms with E-state index in [-0.39, 0.29) is 11.8 Å². The van der Waals surface area contributed by atoms with Crippen molar-refractivity contribution in [1.82, 2.24) is 10.2 Å². The summed E-state index contributed by atoms with van der Waals surface area (Å²) in [6.07, 6.45) is 2.38. The topological polar surface area (TPSA) is 58.6 Å². The number of carbonyl (C=O) groups excluding carboxylic acids is 2. The Bertz CT molecular complexity index is 1120. The summed E-state index contributed by atoms with van der Waals surface area (Å²) in [6, 6.07) is 25.3. The molecule has 0 bridgehead atoms. The summed E-state index contributed by atoms with van der Waals surface area (Å²) >= 11 is 1.56. The molecule has 2 amide bonds. The normalized spacial score (nSPS) is 11.5. The van der Waals surface area contributed by atoms with Crippen molar-refractivity contribution >= 4 is 23.6 Å². The van der Waals surface area contributed by atoms with Gasteiger partial charge in [0, 0.05) is 25.3 Å². The average molecular weight is 519 g/mol. The molecule has 0 spiro atoms. The van der Waals surface area contributed by atoms with Crippen LogP contribution in [0.15, 0.2) is 78.9 Å². The maximum Gasteiger partial charge on any atom is 0.243 e. The highest BCUT2D eigenvalue weighted by Gasteiger charge is 2.30. The number of nitrogens with zero attached hydrogens (tertiary/aromatic N) is 1. The molecule has 0 saturated heterocycles. The third-order valence-corrected chi connectivity index (χ3v) is 7.34. The van der Waals surface area contributed by atoms with Gasteiger partial charge in [-0.3, -0.25) is 9.59 Å². The molecule has 37 heavy (non-hydrogen) atoms. The van der Waals surface area contributed by atoms with Gasteiger partial charge < -0.3 is 15.0 Å². The molecule has 6 heteroatoms. The fraction of sp³-hybridized carbons (Fsp3) is 0.355. The van der Waals surface area contributed by atoms with Crippen LogP contribution in [0.4, 0.5) is 0 Å². The minimum absolute atomic E-state index is 0.0339. The minimum Gasteiger partial charge on any atom is -0.497 e. The van der Waals surface area contributed by atoms with E-state index in [1.165, 1.54) is 0 Å². The zero-order valence-electron chi connectivity index (χ0n) is 22.1. The first-order valence-corrected chi connectivity index (χ1v) is 14.0. The van der Waals surface area contributed by atoms with Crippen LogP contribution in [-0.2, 0) is 28.3 Å². The smallest absolute Gasteiger partial charge is 0.243 e. The lowest BCUT2D eigenvalue weighted by Gasteiger charge is -2.32. The van der Waals surface area contributed by atoms with Crippen molar-refractivity contribution < 1.29 is 14.3 Å². The Kier molecular flexibility index (Phi) is 11.6. The maximum atomic E-state index is 13.7. The molecule has 0 aliphatic carbocycles. The third-order valence-electron chi connectivity index (χ3n) is 6.36. The second-order valence-corrected chi connectivity index (χ2v) is 10.1.